The topological polar surface area (TPSA) is 104 Å². The Bertz CT molecular complexity index is 532. The fourth-order valence-corrected chi connectivity index (χ4v) is 2.95. The fourth-order valence-electron chi connectivity index (χ4n) is 2.52. The van der Waals surface area contributed by atoms with Crippen molar-refractivity contribution in [2.75, 3.05) is 6.61 Å². The predicted octanol–water partition coefficient (Wildman–Crippen LogP) is 1.58. The largest absolute Gasteiger partial charge is 0.743 e. The molecule has 0 aromatic heterocycles. The molecule has 0 radical (unpaired) electrons. The number of carbonyl (C=O) groups excluding carboxylic acids is 1. The van der Waals surface area contributed by atoms with Gasteiger partial charge in [0.25, 0.3) is 0 Å². The Labute approximate surface area is 132 Å². The van der Waals surface area contributed by atoms with Gasteiger partial charge in [0.05, 0.1) is 18.1 Å². The zero-order chi connectivity index (χ0) is 18.1. The van der Waals surface area contributed by atoms with Gasteiger partial charge in [0.1, 0.15) is 0 Å². The number of hydrogen-bond donors (Lipinski definition) is 1. The van der Waals surface area contributed by atoms with E-state index in [2.05, 4.69) is 4.74 Å². The molecule has 0 spiro atoms. The standard InChI is InChI=1S/C13H21F3O6S/c1-3-12(18,4-2)9-7-8(9)11(17)22-6-5-10(14)13(15,16)23(19,20)21/h8-10,18H,3-7H2,1-2H3,(H,19,20,21)/p-1. The molecule has 136 valence electrons. The number of alkyl halides is 3. The summed E-state index contributed by atoms with van der Waals surface area (Å²) in [6.07, 6.45) is -3.09. The molecule has 0 aromatic carbocycles. The highest BCUT2D eigenvalue weighted by Crippen LogP contribution is 2.49. The Hall–Kier alpha value is -0.870. The van der Waals surface area contributed by atoms with Crippen molar-refractivity contribution >= 4 is 16.1 Å². The minimum Gasteiger partial charge on any atom is -0.743 e. The number of rotatable bonds is 9. The zero-order valence-electron chi connectivity index (χ0n) is 12.8. The van der Waals surface area contributed by atoms with Crippen molar-refractivity contribution in [1.29, 1.82) is 0 Å². The molecule has 1 saturated carbocycles. The maximum atomic E-state index is 13.2. The van der Waals surface area contributed by atoms with Crippen LogP contribution in [-0.2, 0) is 19.6 Å². The SMILES string of the molecule is CCC(O)(CC)C1CC1C(=O)OCCC(F)C(F)(F)S(=O)(=O)[O-]. The maximum absolute atomic E-state index is 13.2. The molecule has 0 bridgehead atoms. The van der Waals surface area contributed by atoms with E-state index in [1.54, 1.807) is 13.8 Å². The van der Waals surface area contributed by atoms with Gasteiger partial charge in [-0.1, -0.05) is 13.8 Å². The maximum Gasteiger partial charge on any atom is 0.364 e. The van der Waals surface area contributed by atoms with E-state index in [-0.39, 0.29) is 5.92 Å². The Kier molecular flexibility index (Phi) is 6.09. The van der Waals surface area contributed by atoms with E-state index < -0.39 is 52.1 Å². The van der Waals surface area contributed by atoms with Crippen LogP contribution in [0.4, 0.5) is 13.2 Å². The van der Waals surface area contributed by atoms with Gasteiger partial charge in [0.2, 0.25) is 0 Å². The molecular formula is C13H20F3O6S-. The number of aliphatic hydroxyl groups is 1. The molecule has 6 nitrogen and oxygen atoms in total. The second-order valence-electron chi connectivity index (χ2n) is 5.70. The molecule has 0 aliphatic heterocycles. The average Bonchev–Trinajstić information content (AvgIpc) is 3.25. The van der Waals surface area contributed by atoms with Gasteiger partial charge in [-0.3, -0.25) is 4.79 Å². The summed E-state index contributed by atoms with van der Waals surface area (Å²) in [7, 11) is -6.12. The van der Waals surface area contributed by atoms with Crippen molar-refractivity contribution in [3.8, 4) is 0 Å². The van der Waals surface area contributed by atoms with Crippen molar-refractivity contribution in [3.05, 3.63) is 0 Å². The van der Waals surface area contributed by atoms with Crippen LogP contribution in [0.3, 0.4) is 0 Å². The van der Waals surface area contributed by atoms with E-state index in [1.807, 2.05) is 0 Å². The van der Waals surface area contributed by atoms with Gasteiger partial charge >= 0.3 is 11.2 Å². The van der Waals surface area contributed by atoms with E-state index in [4.69, 9.17) is 0 Å². The highest BCUT2D eigenvalue weighted by molar-refractivity contribution is 7.86. The number of halogens is 3. The Morgan fingerprint density at radius 1 is 1.39 bits per heavy atom. The summed E-state index contributed by atoms with van der Waals surface area (Å²) in [5.41, 5.74) is -1.00. The monoisotopic (exact) mass is 361 g/mol. The van der Waals surface area contributed by atoms with E-state index >= 15 is 0 Å². The van der Waals surface area contributed by atoms with Crippen molar-refractivity contribution in [2.24, 2.45) is 11.8 Å². The molecule has 1 aliphatic carbocycles. The molecule has 1 N–H and O–H groups in total. The van der Waals surface area contributed by atoms with Crippen LogP contribution >= 0.6 is 0 Å². The first-order valence-electron chi connectivity index (χ1n) is 7.27. The number of ether oxygens (including phenoxy) is 1. The van der Waals surface area contributed by atoms with Crippen molar-refractivity contribution in [1.82, 2.24) is 0 Å². The van der Waals surface area contributed by atoms with Gasteiger partial charge in [0, 0.05) is 12.3 Å². The van der Waals surface area contributed by atoms with Gasteiger partial charge in [-0.05, 0) is 19.3 Å². The summed E-state index contributed by atoms with van der Waals surface area (Å²) in [6, 6.07) is 0. The minimum atomic E-state index is -6.12. The predicted molar refractivity (Wildman–Crippen MR) is 72.2 cm³/mol. The Morgan fingerprint density at radius 3 is 2.35 bits per heavy atom. The molecule has 23 heavy (non-hydrogen) atoms. The van der Waals surface area contributed by atoms with Gasteiger partial charge in [-0.15, -0.1) is 0 Å². The van der Waals surface area contributed by atoms with Crippen LogP contribution in [0.5, 0.6) is 0 Å². The number of hydrogen-bond acceptors (Lipinski definition) is 6. The first-order chi connectivity index (χ1) is 10.4. The second-order valence-corrected chi connectivity index (χ2v) is 7.15. The Morgan fingerprint density at radius 2 is 1.91 bits per heavy atom. The highest BCUT2D eigenvalue weighted by atomic mass is 32.2. The third-order valence-corrected chi connectivity index (χ3v) is 5.24. The quantitative estimate of drug-likeness (QED) is 0.494. The normalized spacial score (nSPS) is 23.4. The van der Waals surface area contributed by atoms with Crippen LogP contribution in [0, 0.1) is 11.8 Å². The molecule has 0 amide bonds. The van der Waals surface area contributed by atoms with Crippen LogP contribution in [-0.4, -0.2) is 47.7 Å². The average molecular weight is 361 g/mol. The third kappa shape index (κ3) is 4.36. The highest BCUT2D eigenvalue weighted by Gasteiger charge is 2.54. The lowest BCUT2D eigenvalue weighted by Crippen LogP contribution is -2.39. The summed E-state index contributed by atoms with van der Waals surface area (Å²) >= 11 is 0. The van der Waals surface area contributed by atoms with Crippen LogP contribution < -0.4 is 0 Å². The van der Waals surface area contributed by atoms with Crippen molar-refractivity contribution in [2.45, 2.75) is 56.6 Å². The van der Waals surface area contributed by atoms with Gasteiger partial charge in [0.15, 0.2) is 16.3 Å². The minimum absolute atomic E-state index is 0.297. The van der Waals surface area contributed by atoms with E-state index in [9.17, 15) is 36.0 Å². The molecule has 1 rings (SSSR count). The smallest absolute Gasteiger partial charge is 0.364 e. The van der Waals surface area contributed by atoms with Crippen molar-refractivity contribution in [3.63, 3.8) is 0 Å². The van der Waals surface area contributed by atoms with Gasteiger partial charge < -0.3 is 14.4 Å². The molecule has 0 saturated heterocycles. The third-order valence-electron chi connectivity index (χ3n) is 4.32. The summed E-state index contributed by atoms with van der Waals surface area (Å²) in [5.74, 6) is -1.63. The van der Waals surface area contributed by atoms with Crippen molar-refractivity contribution < 1.29 is 40.8 Å². The Balaban J connectivity index is 2.45. The molecule has 3 unspecified atom stereocenters. The molecule has 0 heterocycles. The van der Waals surface area contributed by atoms with E-state index in [0.717, 1.165) is 0 Å². The first-order valence-corrected chi connectivity index (χ1v) is 8.67. The van der Waals surface area contributed by atoms with E-state index in [0.29, 0.717) is 19.3 Å². The molecule has 3 atom stereocenters. The fraction of sp³-hybridized carbons (Fsp3) is 0.923. The lowest BCUT2D eigenvalue weighted by Gasteiger charge is -2.25. The molecule has 1 aliphatic rings. The molecule has 10 heteroatoms. The lowest BCUT2D eigenvalue weighted by atomic mass is 9.90. The van der Waals surface area contributed by atoms with Gasteiger partial charge in [-0.25, -0.2) is 12.8 Å². The number of esters is 1. The van der Waals surface area contributed by atoms with Crippen LogP contribution in [0.15, 0.2) is 0 Å². The summed E-state index contributed by atoms with van der Waals surface area (Å²) in [4.78, 5) is 11.7. The summed E-state index contributed by atoms with van der Waals surface area (Å²) in [5, 5.41) is 5.17. The first kappa shape index (κ1) is 20.2. The van der Waals surface area contributed by atoms with Crippen LogP contribution in [0.1, 0.15) is 39.5 Å². The lowest BCUT2D eigenvalue weighted by molar-refractivity contribution is -0.147. The summed E-state index contributed by atoms with van der Waals surface area (Å²) < 4.78 is 74.3. The molecule has 0 aromatic rings. The zero-order valence-corrected chi connectivity index (χ0v) is 13.6. The van der Waals surface area contributed by atoms with Gasteiger partial charge in [-0.2, -0.15) is 8.78 Å². The summed E-state index contributed by atoms with van der Waals surface area (Å²) in [6.45, 7) is 2.76. The molecular weight excluding hydrogens is 341 g/mol. The second kappa shape index (κ2) is 6.94. The molecule has 1 fully saturated rings. The van der Waals surface area contributed by atoms with Crippen LogP contribution in [0.25, 0.3) is 0 Å². The number of carbonyl (C=O) groups is 1. The van der Waals surface area contributed by atoms with E-state index in [1.165, 1.54) is 0 Å². The van der Waals surface area contributed by atoms with Crippen LogP contribution in [0.2, 0.25) is 0 Å².